The van der Waals surface area contributed by atoms with Gasteiger partial charge in [0.05, 0.1) is 19.9 Å². The largest absolute Gasteiger partial charge is 0.497 e. The quantitative estimate of drug-likeness (QED) is 0.741. The fourth-order valence-electron chi connectivity index (χ4n) is 3.15. The van der Waals surface area contributed by atoms with Crippen LogP contribution in [0.1, 0.15) is 16.7 Å². The number of benzene rings is 2. The predicted octanol–water partition coefficient (Wildman–Crippen LogP) is 4.50. The van der Waals surface area contributed by atoms with Crippen molar-refractivity contribution in [1.82, 2.24) is 4.98 Å². The van der Waals surface area contributed by atoms with E-state index < -0.39 is 0 Å². The monoisotopic (exact) mass is 359 g/mol. The normalized spacial score (nSPS) is 10.3. The van der Waals surface area contributed by atoms with Gasteiger partial charge in [0.1, 0.15) is 28.9 Å². The van der Waals surface area contributed by atoms with E-state index in [2.05, 4.69) is 11.1 Å². The number of nitrogens with zero attached hydrogens (tertiary/aromatic N) is 2. The first-order valence-electron chi connectivity index (χ1n) is 8.49. The SMILES string of the molecule is COc1ccc(OC)c(-c2c(C)c(-c3ccc(C)cc3)nc(N)c2C#N)c1. The molecule has 0 aliphatic heterocycles. The van der Waals surface area contributed by atoms with Gasteiger partial charge in [-0.1, -0.05) is 29.8 Å². The molecular weight excluding hydrogens is 338 g/mol. The number of anilines is 1. The molecular formula is C22H21N3O2. The van der Waals surface area contributed by atoms with Gasteiger partial charge in [-0.05, 0) is 37.6 Å². The average Bonchev–Trinajstić information content (AvgIpc) is 2.69. The van der Waals surface area contributed by atoms with Crippen LogP contribution in [0.5, 0.6) is 11.5 Å². The van der Waals surface area contributed by atoms with Crippen molar-refractivity contribution in [2.75, 3.05) is 20.0 Å². The number of nitrogen functional groups attached to an aromatic ring is 1. The van der Waals surface area contributed by atoms with E-state index in [4.69, 9.17) is 15.2 Å². The number of nitriles is 1. The Morgan fingerprint density at radius 1 is 1.00 bits per heavy atom. The zero-order valence-corrected chi connectivity index (χ0v) is 15.8. The second kappa shape index (κ2) is 7.38. The van der Waals surface area contributed by atoms with Crippen LogP contribution in [-0.4, -0.2) is 19.2 Å². The van der Waals surface area contributed by atoms with E-state index in [-0.39, 0.29) is 5.82 Å². The van der Waals surface area contributed by atoms with Crippen molar-refractivity contribution in [2.24, 2.45) is 0 Å². The standard InChI is InChI=1S/C22H21N3O2/c1-13-5-7-15(8-6-13)21-14(2)20(18(12-23)22(24)25-21)17-11-16(26-3)9-10-19(17)27-4/h5-11H,1-4H3,(H2,24,25). The maximum atomic E-state index is 9.73. The highest BCUT2D eigenvalue weighted by Gasteiger charge is 2.21. The minimum Gasteiger partial charge on any atom is -0.497 e. The number of nitrogens with two attached hydrogens (primary N) is 1. The highest BCUT2D eigenvalue weighted by molar-refractivity contribution is 5.87. The molecule has 0 spiro atoms. The highest BCUT2D eigenvalue weighted by Crippen LogP contribution is 2.41. The van der Waals surface area contributed by atoms with Gasteiger partial charge in [0.15, 0.2) is 0 Å². The van der Waals surface area contributed by atoms with Crippen LogP contribution in [0.3, 0.4) is 0 Å². The zero-order valence-electron chi connectivity index (χ0n) is 15.8. The smallest absolute Gasteiger partial charge is 0.142 e. The number of ether oxygens (including phenoxy) is 2. The van der Waals surface area contributed by atoms with Crippen molar-refractivity contribution >= 4 is 5.82 Å². The topological polar surface area (TPSA) is 81.2 Å². The Labute approximate surface area is 159 Å². The summed E-state index contributed by atoms with van der Waals surface area (Å²) in [7, 11) is 3.19. The summed E-state index contributed by atoms with van der Waals surface area (Å²) in [6, 6.07) is 15.7. The molecule has 1 aromatic heterocycles. The summed E-state index contributed by atoms with van der Waals surface area (Å²) in [4.78, 5) is 4.51. The lowest BCUT2D eigenvalue weighted by Gasteiger charge is -2.18. The Bertz CT molecular complexity index is 1030. The van der Waals surface area contributed by atoms with Gasteiger partial charge in [-0.2, -0.15) is 5.26 Å². The van der Waals surface area contributed by atoms with Crippen LogP contribution >= 0.6 is 0 Å². The fraction of sp³-hybridized carbons (Fsp3) is 0.182. The second-order valence-electron chi connectivity index (χ2n) is 6.26. The molecule has 1 heterocycles. The third-order valence-electron chi connectivity index (χ3n) is 4.58. The van der Waals surface area contributed by atoms with Crippen LogP contribution in [0, 0.1) is 25.2 Å². The lowest BCUT2D eigenvalue weighted by atomic mass is 9.92. The molecule has 0 aliphatic rings. The Kier molecular flexibility index (Phi) is 5.00. The van der Waals surface area contributed by atoms with Crippen LogP contribution in [0.25, 0.3) is 22.4 Å². The van der Waals surface area contributed by atoms with Crippen LogP contribution in [-0.2, 0) is 0 Å². The molecule has 0 saturated carbocycles. The summed E-state index contributed by atoms with van der Waals surface area (Å²) in [6.45, 7) is 3.97. The lowest BCUT2D eigenvalue weighted by Crippen LogP contribution is -2.04. The van der Waals surface area contributed by atoms with Crippen molar-refractivity contribution in [3.63, 3.8) is 0 Å². The van der Waals surface area contributed by atoms with Crippen LogP contribution < -0.4 is 15.2 Å². The molecule has 2 aromatic carbocycles. The summed E-state index contributed by atoms with van der Waals surface area (Å²) < 4.78 is 10.9. The van der Waals surface area contributed by atoms with E-state index in [1.54, 1.807) is 14.2 Å². The highest BCUT2D eigenvalue weighted by atomic mass is 16.5. The first-order valence-corrected chi connectivity index (χ1v) is 8.49. The van der Waals surface area contributed by atoms with Crippen molar-refractivity contribution < 1.29 is 9.47 Å². The third kappa shape index (κ3) is 3.30. The number of hydrogen-bond acceptors (Lipinski definition) is 5. The van der Waals surface area contributed by atoms with Gasteiger partial charge < -0.3 is 15.2 Å². The Morgan fingerprint density at radius 2 is 1.70 bits per heavy atom. The summed E-state index contributed by atoms with van der Waals surface area (Å²) in [5.74, 6) is 1.50. The lowest BCUT2D eigenvalue weighted by molar-refractivity contribution is 0.404. The van der Waals surface area contributed by atoms with Crippen molar-refractivity contribution in [3.05, 3.63) is 59.2 Å². The number of aromatic nitrogens is 1. The van der Waals surface area contributed by atoms with E-state index >= 15 is 0 Å². The van der Waals surface area contributed by atoms with E-state index in [9.17, 15) is 5.26 Å². The average molecular weight is 359 g/mol. The molecule has 0 bridgehead atoms. The van der Waals surface area contributed by atoms with E-state index in [1.165, 1.54) is 0 Å². The molecule has 0 unspecified atom stereocenters. The maximum absolute atomic E-state index is 9.73. The summed E-state index contributed by atoms with van der Waals surface area (Å²) in [5, 5.41) is 9.73. The Morgan fingerprint density at radius 3 is 2.30 bits per heavy atom. The number of hydrogen-bond donors (Lipinski definition) is 1. The minimum atomic E-state index is 0.193. The number of aryl methyl sites for hydroxylation is 1. The van der Waals surface area contributed by atoms with Gasteiger partial charge in [-0.3, -0.25) is 0 Å². The maximum Gasteiger partial charge on any atom is 0.142 e. The van der Waals surface area contributed by atoms with Crippen molar-refractivity contribution in [2.45, 2.75) is 13.8 Å². The van der Waals surface area contributed by atoms with Gasteiger partial charge in [0, 0.05) is 16.7 Å². The molecule has 5 nitrogen and oxygen atoms in total. The van der Waals surface area contributed by atoms with E-state index in [1.807, 2.05) is 56.3 Å². The summed E-state index contributed by atoms with van der Waals surface area (Å²) in [6.07, 6.45) is 0. The van der Waals surface area contributed by atoms with E-state index in [0.717, 1.165) is 27.9 Å². The molecule has 0 saturated heterocycles. The van der Waals surface area contributed by atoms with E-state index in [0.29, 0.717) is 22.6 Å². The van der Waals surface area contributed by atoms with Crippen molar-refractivity contribution in [3.8, 4) is 40.0 Å². The molecule has 5 heteroatoms. The Hall–Kier alpha value is -3.52. The van der Waals surface area contributed by atoms with Gasteiger partial charge in [0.2, 0.25) is 0 Å². The van der Waals surface area contributed by atoms with Gasteiger partial charge in [0.25, 0.3) is 0 Å². The number of methoxy groups -OCH3 is 2. The van der Waals surface area contributed by atoms with Gasteiger partial charge >= 0.3 is 0 Å². The van der Waals surface area contributed by atoms with Crippen molar-refractivity contribution in [1.29, 1.82) is 5.26 Å². The predicted molar refractivity (Wildman–Crippen MR) is 107 cm³/mol. The first kappa shape index (κ1) is 18.3. The fourth-order valence-corrected chi connectivity index (χ4v) is 3.15. The molecule has 27 heavy (non-hydrogen) atoms. The number of rotatable bonds is 4. The minimum absolute atomic E-state index is 0.193. The van der Waals surface area contributed by atoms with Crippen LogP contribution in [0.4, 0.5) is 5.82 Å². The van der Waals surface area contributed by atoms with Crippen LogP contribution in [0.15, 0.2) is 42.5 Å². The molecule has 0 amide bonds. The van der Waals surface area contributed by atoms with Gasteiger partial charge in [-0.25, -0.2) is 4.98 Å². The third-order valence-corrected chi connectivity index (χ3v) is 4.58. The van der Waals surface area contributed by atoms with Crippen LogP contribution in [0.2, 0.25) is 0 Å². The zero-order chi connectivity index (χ0) is 19.6. The van der Waals surface area contributed by atoms with Gasteiger partial charge in [-0.15, -0.1) is 0 Å². The second-order valence-corrected chi connectivity index (χ2v) is 6.26. The summed E-state index contributed by atoms with van der Waals surface area (Å²) in [5.41, 5.74) is 11.6. The molecule has 2 N–H and O–H groups in total. The molecule has 0 fully saturated rings. The number of pyridine rings is 1. The molecule has 3 aromatic rings. The Balaban J connectivity index is 2.36. The molecule has 0 aliphatic carbocycles. The first-order chi connectivity index (χ1) is 13.0. The molecule has 0 radical (unpaired) electrons. The summed E-state index contributed by atoms with van der Waals surface area (Å²) >= 11 is 0. The molecule has 0 atom stereocenters. The molecule has 136 valence electrons. The molecule has 3 rings (SSSR count).